The molecule has 2 aromatic rings. The normalized spacial score (nSPS) is 11.5. The highest BCUT2D eigenvalue weighted by Gasteiger charge is 2.04. The summed E-state index contributed by atoms with van der Waals surface area (Å²) in [5.41, 5.74) is 8.35. The molecule has 98 valence electrons. The van der Waals surface area contributed by atoms with E-state index in [1.807, 2.05) is 6.07 Å². The van der Waals surface area contributed by atoms with Crippen molar-refractivity contribution in [3.05, 3.63) is 53.3 Å². The molecular weight excluding hydrogens is 260 g/mol. The summed E-state index contributed by atoms with van der Waals surface area (Å²) < 4.78 is 0. The van der Waals surface area contributed by atoms with Crippen LogP contribution in [0.2, 0.25) is 0 Å². The monoisotopic (exact) mass is 274 g/mol. The van der Waals surface area contributed by atoms with Crippen LogP contribution in [0.3, 0.4) is 0 Å². The van der Waals surface area contributed by atoms with Crippen LogP contribution >= 0.6 is 11.8 Å². The van der Waals surface area contributed by atoms with Gasteiger partial charge in [-0.25, -0.2) is 9.97 Å². The number of rotatable bonds is 4. The number of benzene rings is 1. The fourth-order valence-corrected chi connectivity index (χ4v) is 2.33. The Morgan fingerprint density at radius 1 is 1.42 bits per heavy atom. The molecule has 3 N–H and O–H groups in total. The van der Waals surface area contributed by atoms with Crippen molar-refractivity contribution in [1.82, 2.24) is 9.97 Å². The van der Waals surface area contributed by atoms with Crippen LogP contribution in [0.15, 0.2) is 46.8 Å². The molecule has 1 aromatic heterocycles. The Morgan fingerprint density at radius 2 is 2.26 bits per heavy atom. The number of hydrogen-bond donors (Lipinski definition) is 2. The maximum Gasteiger partial charge on any atom is 0.188 e. The van der Waals surface area contributed by atoms with Crippen molar-refractivity contribution in [2.45, 2.75) is 17.8 Å². The summed E-state index contributed by atoms with van der Waals surface area (Å²) in [7, 11) is 0. The van der Waals surface area contributed by atoms with Gasteiger partial charge in [-0.15, -0.1) is 0 Å². The molecule has 0 atom stereocenters. The molecule has 0 unspecified atom stereocenters. The SMILES string of the molecule is Cc1cccc(CSc2nccc(/C(N)=N/O)n2)c1. The van der Waals surface area contributed by atoms with E-state index >= 15 is 0 Å². The predicted molar refractivity (Wildman–Crippen MR) is 75.3 cm³/mol. The van der Waals surface area contributed by atoms with Gasteiger partial charge in [-0.2, -0.15) is 0 Å². The third-order valence-electron chi connectivity index (χ3n) is 2.45. The van der Waals surface area contributed by atoms with Crippen LogP contribution in [-0.4, -0.2) is 21.0 Å². The maximum absolute atomic E-state index is 8.61. The van der Waals surface area contributed by atoms with Gasteiger partial charge >= 0.3 is 0 Å². The molecule has 0 aliphatic carbocycles. The molecule has 0 aliphatic heterocycles. The van der Waals surface area contributed by atoms with E-state index in [1.54, 1.807) is 12.3 Å². The van der Waals surface area contributed by atoms with E-state index in [0.29, 0.717) is 10.9 Å². The summed E-state index contributed by atoms with van der Waals surface area (Å²) in [4.78, 5) is 8.37. The maximum atomic E-state index is 8.61. The molecule has 0 spiro atoms. The fourth-order valence-electron chi connectivity index (χ4n) is 1.55. The fraction of sp³-hybridized carbons (Fsp3) is 0.154. The number of oxime groups is 1. The van der Waals surface area contributed by atoms with Crippen LogP contribution in [0.25, 0.3) is 0 Å². The van der Waals surface area contributed by atoms with Crippen LogP contribution in [0.1, 0.15) is 16.8 Å². The first kappa shape index (κ1) is 13.4. The molecule has 1 heterocycles. The van der Waals surface area contributed by atoms with E-state index in [0.717, 1.165) is 5.75 Å². The number of nitrogens with two attached hydrogens (primary N) is 1. The first-order chi connectivity index (χ1) is 9.19. The smallest absolute Gasteiger partial charge is 0.188 e. The molecule has 0 saturated carbocycles. The number of aromatic nitrogens is 2. The molecule has 0 radical (unpaired) electrons. The van der Waals surface area contributed by atoms with E-state index in [2.05, 4.69) is 40.2 Å². The minimum absolute atomic E-state index is 0.0141. The third-order valence-corrected chi connectivity index (χ3v) is 3.39. The van der Waals surface area contributed by atoms with Gasteiger partial charge in [-0.3, -0.25) is 0 Å². The standard InChI is InChI=1S/C13H14N4OS/c1-9-3-2-4-10(7-9)8-19-13-15-6-5-11(16-13)12(14)17-18/h2-7,18H,8H2,1H3,(H2,14,17). The predicted octanol–water partition coefficient (Wildman–Crippen LogP) is 2.17. The van der Waals surface area contributed by atoms with E-state index in [4.69, 9.17) is 10.9 Å². The van der Waals surface area contributed by atoms with Crippen LogP contribution in [0.5, 0.6) is 0 Å². The minimum atomic E-state index is -0.0141. The molecule has 0 bridgehead atoms. The summed E-state index contributed by atoms with van der Waals surface area (Å²) in [6.45, 7) is 2.06. The quantitative estimate of drug-likeness (QED) is 0.223. The van der Waals surface area contributed by atoms with Gasteiger partial charge in [0.2, 0.25) is 0 Å². The summed E-state index contributed by atoms with van der Waals surface area (Å²) >= 11 is 1.51. The average molecular weight is 274 g/mol. The number of aryl methyl sites for hydroxylation is 1. The molecule has 0 saturated heterocycles. The Labute approximate surface area is 115 Å². The zero-order valence-corrected chi connectivity index (χ0v) is 11.3. The second kappa shape index (κ2) is 6.19. The highest BCUT2D eigenvalue weighted by atomic mass is 32.2. The summed E-state index contributed by atoms with van der Waals surface area (Å²) in [6, 6.07) is 9.88. The molecule has 0 amide bonds. The van der Waals surface area contributed by atoms with E-state index in [-0.39, 0.29) is 5.84 Å². The summed E-state index contributed by atoms with van der Waals surface area (Å²) in [5.74, 6) is 0.765. The van der Waals surface area contributed by atoms with Gasteiger partial charge in [0.25, 0.3) is 0 Å². The van der Waals surface area contributed by atoms with Crippen molar-refractivity contribution in [2.75, 3.05) is 0 Å². The lowest BCUT2D eigenvalue weighted by Gasteiger charge is -2.03. The van der Waals surface area contributed by atoms with Crippen molar-refractivity contribution >= 4 is 17.6 Å². The van der Waals surface area contributed by atoms with Gasteiger partial charge in [-0.1, -0.05) is 46.7 Å². The highest BCUT2D eigenvalue weighted by Crippen LogP contribution is 2.19. The Bertz CT molecular complexity index is 601. The lowest BCUT2D eigenvalue weighted by atomic mass is 10.2. The van der Waals surface area contributed by atoms with E-state index in [9.17, 15) is 0 Å². The van der Waals surface area contributed by atoms with Crippen LogP contribution in [0.4, 0.5) is 0 Å². The molecule has 1 aromatic carbocycles. The molecule has 0 aliphatic rings. The van der Waals surface area contributed by atoms with Crippen molar-refractivity contribution in [3.63, 3.8) is 0 Å². The zero-order chi connectivity index (χ0) is 13.7. The molecule has 2 rings (SSSR count). The number of hydrogen-bond acceptors (Lipinski definition) is 5. The van der Waals surface area contributed by atoms with Crippen molar-refractivity contribution in [1.29, 1.82) is 0 Å². The Kier molecular flexibility index (Phi) is 4.35. The second-order valence-corrected chi connectivity index (χ2v) is 4.93. The molecular formula is C13H14N4OS. The third kappa shape index (κ3) is 3.69. The van der Waals surface area contributed by atoms with Gasteiger partial charge in [0, 0.05) is 11.9 Å². The minimum Gasteiger partial charge on any atom is -0.409 e. The molecule has 19 heavy (non-hydrogen) atoms. The molecule has 5 nitrogen and oxygen atoms in total. The van der Waals surface area contributed by atoms with Crippen LogP contribution in [0, 0.1) is 6.92 Å². The summed E-state index contributed by atoms with van der Waals surface area (Å²) in [5, 5.41) is 12.1. The number of amidine groups is 1. The lowest BCUT2D eigenvalue weighted by Crippen LogP contribution is -2.15. The van der Waals surface area contributed by atoms with Crippen LogP contribution < -0.4 is 5.73 Å². The zero-order valence-electron chi connectivity index (χ0n) is 10.4. The Hall–Kier alpha value is -2.08. The largest absolute Gasteiger partial charge is 0.409 e. The summed E-state index contributed by atoms with van der Waals surface area (Å²) in [6.07, 6.45) is 1.60. The highest BCUT2D eigenvalue weighted by molar-refractivity contribution is 7.98. The Morgan fingerprint density at radius 3 is 3.00 bits per heavy atom. The molecule has 0 fully saturated rings. The van der Waals surface area contributed by atoms with Gasteiger partial charge in [0.05, 0.1) is 0 Å². The first-order valence-corrected chi connectivity index (χ1v) is 6.67. The van der Waals surface area contributed by atoms with Gasteiger partial charge in [0.1, 0.15) is 5.69 Å². The Balaban J connectivity index is 2.08. The van der Waals surface area contributed by atoms with Crippen molar-refractivity contribution in [2.24, 2.45) is 10.9 Å². The van der Waals surface area contributed by atoms with Crippen molar-refractivity contribution in [3.8, 4) is 0 Å². The number of nitrogens with zero attached hydrogens (tertiary/aromatic N) is 3. The van der Waals surface area contributed by atoms with E-state index < -0.39 is 0 Å². The van der Waals surface area contributed by atoms with Crippen molar-refractivity contribution < 1.29 is 5.21 Å². The second-order valence-electron chi connectivity index (χ2n) is 3.99. The average Bonchev–Trinajstić information content (AvgIpc) is 2.45. The van der Waals surface area contributed by atoms with Crippen LogP contribution in [-0.2, 0) is 5.75 Å². The number of thioether (sulfide) groups is 1. The first-order valence-electron chi connectivity index (χ1n) is 5.68. The van der Waals surface area contributed by atoms with Gasteiger partial charge < -0.3 is 10.9 Å². The van der Waals surface area contributed by atoms with E-state index in [1.165, 1.54) is 22.9 Å². The molecule has 6 heteroatoms. The van der Waals surface area contributed by atoms with Gasteiger partial charge in [0.15, 0.2) is 11.0 Å². The topological polar surface area (TPSA) is 84.4 Å². The van der Waals surface area contributed by atoms with Gasteiger partial charge in [-0.05, 0) is 18.6 Å². The lowest BCUT2D eigenvalue weighted by molar-refractivity contribution is 0.318.